The molecule has 6 heteroatoms. The summed E-state index contributed by atoms with van der Waals surface area (Å²) >= 11 is 1.81. The van der Waals surface area contributed by atoms with E-state index >= 15 is 0 Å². The summed E-state index contributed by atoms with van der Waals surface area (Å²) in [5.74, 6) is 1.74. The van der Waals surface area contributed by atoms with Crippen molar-refractivity contribution < 1.29 is 4.90 Å². The molecule has 0 spiro atoms. The molecule has 3 aromatic rings. The first kappa shape index (κ1) is 16.4. The Morgan fingerprint density at radius 3 is 2.88 bits per heavy atom. The number of hydrogen-bond donors (Lipinski definition) is 1. The van der Waals surface area contributed by atoms with E-state index < -0.39 is 0 Å². The van der Waals surface area contributed by atoms with E-state index in [0.29, 0.717) is 6.54 Å². The molecule has 0 aliphatic carbocycles. The van der Waals surface area contributed by atoms with E-state index in [1.165, 1.54) is 36.4 Å². The number of likely N-dealkylation sites (tertiary alicyclic amines) is 1. The van der Waals surface area contributed by atoms with Crippen LogP contribution in [0.4, 0.5) is 0 Å². The van der Waals surface area contributed by atoms with E-state index in [-0.39, 0.29) is 6.04 Å². The van der Waals surface area contributed by atoms with Crippen molar-refractivity contribution in [2.24, 2.45) is 5.92 Å². The fraction of sp³-hybridized carbons (Fsp3) is 0.421. The second-order valence-electron chi connectivity index (χ2n) is 6.99. The Hall–Kier alpha value is -2.05. The summed E-state index contributed by atoms with van der Waals surface area (Å²) in [6.45, 7) is 5.44. The number of quaternary nitrogens is 1. The van der Waals surface area contributed by atoms with Gasteiger partial charge in [0, 0.05) is 5.92 Å². The third-order valence-electron chi connectivity index (χ3n) is 5.03. The zero-order valence-corrected chi connectivity index (χ0v) is 15.3. The van der Waals surface area contributed by atoms with E-state index in [1.807, 2.05) is 22.1 Å². The van der Waals surface area contributed by atoms with Crippen LogP contribution in [0.5, 0.6) is 0 Å². The standard InChI is InChI=1S/C19H23N5S/c1-15-7-5-11-23(13-15)18(17-10-6-12-25-17)19-20-21-22-24(19)14-16-8-3-2-4-9-16/h2-4,6,8-10,12,15,18H,5,7,11,13-14H2,1H3/p+1/t15-,18-/m1/s1. The zero-order chi connectivity index (χ0) is 17.1. The molecule has 3 heterocycles. The van der Waals surface area contributed by atoms with Crippen molar-refractivity contribution in [1.29, 1.82) is 0 Å². The molecule has 1 aliphatic rings. The van der Waals surface area contributed by atoms with Crippen molar-refractivity contribution in [2.45, 2.75) is 32.4 Å². The predicted octanol–water partition coefficient (Wildman–Crippen LogP) is 2.19. The minimum absolute atomic E-state index is 0.224. The highest BCUT2D eigenvalue weighted by atomic mass is 32.1. The largest absolute Gasteiger partial charge is 0.321 e. The number of thiophene rings is 1. The molecule has 0 bridgehead atoms. The molecule has 0 amide bonds. The Bertz CT molecular complexity index is 783. The summed E-state index contributed by atoms with van der Waals surface area (Å²) in [6.07, 6.45) is 2.61. The van der Waals surface area contributed by atoms with E-state index in [4.69, 9.17) is 0 Å². The summed E-state index contributed by atoms with van der Waals surface area (Å²) in [6, 6.07) is 15.0. The van der Waals surface area contributed by atoms with Crippen LogP contribution < -0.4 is 4.90 Å². The molecule has 25 heavy (non-hydrogen) atoms. The Morgan fingerprint density at radius 2 is 2.12 bits per heavy atom. The molecule has 3 atom stereocenters. The number of hydrogen-bond acceptors (Lipinski definition) is 4. The van der Waals surface area contributed by atoms with Gasteiger partial charge in [0.15, 0.2) is 6.04 Å². The molecule has 1 N–H and O–H groups in total. The van der Waals surface area contributed by atoms with Gasteiger partial charge in [-0.15, -0.1) is 16.4 Å². The Kier molecular flexibility index (Phi) is 4.90. The third kappa shape index (κ3) is 3.65. The van der Waals surface area contributed by atoms with Crippen LogP contribution in [0.25, 0.3) is 0 Å². The average molecular weight is 355 g/mol. The molecule has 1 unspecified atom stereocenters. The Labute approximate surface area is 152 Å². The van der Waals surface area contributed by atoms with Gasteiger partial charge >= 0.3 is 0 Å². The maximum Gasteiger partial charge on any atom is 0.215 e. The molecule has 0 saturated carbocycles. The molecule has 2 aromatic heterocycles. The summed E-state index contributed by atoms with van der Waals surface area (Å²) in [5.41, 5.74) is 1.22. The molecule has 1 aromatic carbocycles. The molecule has 4 rings (SSSR count). The lowest BCUT2D eigenvalue weighted by Gasteiger charge is -2.33. The fourth-order valence-corrected chi connectivity index (χ4v) is 4.72. The van der Waals surface area contributed by atoms with Crippen LogP contribution in [-0.4, -0.2) is 33.3 Å². The summed E-state index contributed by atoms with van der Waals surface area (Å²) < 4.78 is 1.98. The Morgan fingerprint density at radius 1 is 1.24 bits per heavy atom. The predicted molar refractivity (Wildman–Crippen MR) is 98.6 cm³/mol. The molecular formula is C19H24N5S+. The quantitative estimate of drug-likeness (QED) is 0.764. The van der Waals surface area contributed by atoms with Gasteiger partial charge in [0.2, 0.25) is 5.82 Å². The van der Waals surface area contributed by atoms with Crippen LogP contribution in [0.3, 0.4) is 0 Å². The summed E-state index contributed by atoms with van der Waals surface area (Å²) in [4.78, 5) is 2.94. The van der Waals surface area contributed by atoms with Crippen LogP contribution in [0, 0.1) is 5.92 Å². The van der Waals surface area contributed by atoms with Crippen LogP contribution in [-0.2, 0) is 6.54 Å². The van der Waals surface area contributed by atoms with Crippen molar-refractivity contribution >= 4 is 11.3 Å². The van der Waals surface area contributed by atoms with Crippen LogP contribution in [0.2, 0.25) is 0 Å². The highest BCUT2D eigenvalue weighted by Gasteiger charge is 2.35. The minimum Gasteiger partial charge on any atom is -0.321 e. The lowest BCUT2D eigenvalue weighted by Crippen LogP contribution is -3.14. The topological polar surface area (TPSA) is 48.0 Å². The van der Waals surface area contributed by atoms with Gasteiger partial charge in [-0.2, -0.15) is 0 Å². The first-order valence-electron chi connectivity index (χ1n) is 8.99. The van der Waals surface area contributed by atoms with Gasteiger partial charge in [0.1, 0.15) is 0 Å². The van der Waals surface area contributed by atoms with Crippen LogP contribution in [0.1, 0.15) is 42.1 Å². The van der Waals surface area contributed by atoms with Crippen molar-refractivity contribution in [3.8, 4) is 0 Å². The molecule has 1 saturated heterocycles. The van der Waals surface area contributed by atoms with E-state index in [0.717, 1.165) is 11.7 Å². The average Bonchev–Trinajstić information content (AvgIpc) is 3.30. The Balaban J connectivity index is 1.67. The molecule has 130 valence electrons. The second-order valence-corrected chi connectivity index (χ2v) is 7.97. The third-order valence-corrected chi connectivity index (χ3v) is 5.97. The molecule has 0 radical (unpaired) electrons. The number of benzene rings is 1. The molecule has 1 fully saturated rings. The number of piperidine rings is 1. The van der Waals surface area contributed by atoms with Gasteiger partial charge in [-0.3, -0.25) is 0 Å². The summed E-state index contributed by atoms with van der Waals surface area (Å²) in [5, 5.41) is 14.9. The first-order valence-corrected chi connectivity index (χ1v) is 9.87. The number of tetrazole rings is 1. The smallest absolute Gasteiger partial charge is 0.215 e. The lowest BCUT2D eigenvalue weighted by molar-refractivity contribution is -0.934. The molecule has 5 nitrogen and oxygen atoms in total. The number of nitrogens with zero attached hydrogens (tertiary/aromatic N) is 4. The van der Waals surface area contributed by atoms with Crippen molar-refractivity contribution in [1.82, 2.24) is 20.2 Å². The lowest BCUT2D eigenvalue weighted by atomic mass is 9.98. The SMILES string of the molecule is C[C@@H]1CCC[NH+]([C@H](c2cccs2)c2nnnn2Cc2ccccc2)C1. The highest BCUT2D eigenvalue weighted by Crippen LogP contribution is 2.23. The number of aromatic nitrogens is 4. The van der Waals surface area contributed by atoms with Gasteiger partial charge in [-0.05, 0) is 40.3 Å². The maximum atomic E-state index is 4.46. The van der Waals surface area contributed by atoms with Crippen LogP contribution in [0.15, 0.2) is 47.8 Å². The first-order chi connectivity index (χ1) is 12.3. The van der Waals surface area contributed by atoms with Crippen molar-refractivity contribution in [3.05, 3.63) is 64.1 Å². The van der Waals surface area contributed by atoms with E-state index in [9.17, 15) is 0 Å². The monoisotopic (exact) mass is 354 g/mol. The molecular weight excluding hydrogens is 330 g/mol. The minimum atomic E-state index is 0.224. The van der Waals surface area contributed by atoms with Gasteiger partial charge < -0.3 is 4.90 Å². The fourth-order valence-electron chi connectivity index (χ4n) is 3.85. The number of rotatable bonds is 5. The van der Waals surface area contributed by atoms with Gasteiger partial charge in [-0.1, -0.05) is 43.3 Å². The maximum absolute atomic E-state index is 4.46. The van der Waals surface area contributed by atoms with E-state index in [1.54, 1.807) is 4.90 Å². The summed E-state index contributed by atoms with van der Waals surface area (Å²) in [7, 11) is 0. The van der Waals surface area contributed by atoms with Gasteiger partial charge in [0.25, 0.3) is 0 Å². The zero-order valence-electron chi connectivity index (χ0n) is 14.5. The van der Waals surface area contributed by atoms with Crippen molar-refractivity contribution in [2.75, 3.05) is 13.1 Å². The number of nitrogens with one attached hydrogen (secondary N) is 1. The molecule has 1 aliphatic heterocycles. The van der Waals surface area contributed by atoms with Crippen molar-refractivity contribution in [3.63, 3.8) is 0 Å². The highest BCUT2D eigenvalue weighted by molar-refractivity contribution is 7.10. The van der Waals surface area contributed by atoms with Crippen LogP contribution >= 0.6 is 11.3 Å². The van der Waals surface area contributed by atoms with E-state index in [2.05, 4.69) is 64.2 Å². The normalized spacial score (nSPS) is 22.0. The van der Waals surface area contributed by atoms with Gasteiger partial charge in [-0.25, -0.2) is 4.68 Å². The second kappa shape index (κ2) is 7.45. The van der Waals surface area contributed by atoms with Gasteiger partial charge in [0.05, 0.1) is 24.5 Å².